The van der Waals surface area contributed by atoms with Crippen molar-refractivity contribution in [1.82, 2.24) is 9.78 Å². The summed E-state index contributed by atoms with van der Waals surface area (Å²) in [6.07, 6.45) is 5.59. The molecule has 0 aromatic carbocycles. The third-order valence-electron chi connectivity index (χ3n) is 4.13. The third-order valence-corrected chi connectivity index (χ3v) is 4.13. The summed E-state index contributed by atoms with van der Waals surface area (Å²) >= 11 is 0. The molecule has 0 amide bonds. The van der Waals surface area contributed by atoms with Crippen molar-refractivity contribution in [3.63, 3.8) is 0 Å². The minimum Gasteiger partial charge on any atom is -0.501 e. The first-order valence-electron chi connectivity index (χ1n) is 8.51. The molecule has 1 aromatic rings. The Labute approximate surface area is 142 Å². The van der Waals surface area contributed by atoms with Crippen LogP contribution in [0.15, 0.2) is 11.1 Å². The van der Waals surface area contributed by atoms with Crippen molar-refractivity contribution in [2.24, 2.45) is 5.92 Å². The van der Waals surface area contributed by atoms with Crippen molar-refractivity contribution in [2.75, 3.05) is 6.61 Å². The van der Waals surface area contributed by atoms with Gasteiger partial charge < -0.3 is 9.84 Å². The normalized spacial score (nSPS) is 15.9. The molecule has 6 heteroatoms. The van der Waals surface area contributed by atoms with E-state index in [1.807, 2.05) is 27.7 Å². The predicted molar refractivity (Wildman–Crippen MR) is 92.0 cm³/mol. The number of carboxylic acids is 1. The lowest BCUT2D eigenvalue weighted by atomic mass is 10.0. The van der Waals surface area contributed by atoms with Crippen LogP contribution in [0.5, 0.6) is 0 Å². The molecule has 1 N–H and O–H groups in total. The number of aryl methyl sites for hydroxylation is 1. The van der Waals surface area contributed by atoms with Gasteiger partial charge in [-0.2, -0.15) is 5.10 Å². The first-order chi connectivity index (χ1) is 11.4. The average molecular weight is 334 g/mol. The molecule has 2 rings (SSSR count). The van der Waals surface area contributed by atoms with Crippen molar-refractivity contribution in [1.29, 1.82) is 0 Å². The van der Waals surface area contributed by atoms with Gasteiger partial charge in [0.15, 0.2) is 6.04 Å². The number of aromatic nitrogens is 2. The van der Waals surface area contributed by atoms with E-state index in [9.17, 15) is 14.7 Å². The van der Waals surface area contributed by atoms with E-state index in [0.29, 0.717) is 24.5 Å². The summed E-state index contributed by atoms with van der Waals surface area (Å²) in [6, 6.07) is -0.955. The molecule has 1 aliphatic carbocycles. The fourth-order valence-corrected chi connectivity index (χ4v) is 2.92. The summed E-state index contributed by atoms with van der Waals surface area (Å²) in [6.45, 7) is 8.09. The largest absolute Gasteiger partial charge is 0.501 e. The Bertz CT molecular complexity index is 687. The molecule has 0 radical (unpaired) electrons. The highest BCUT2D eigenvalue weighted by Gasteiger charge is 2.32. The minimum absolute atomic E-state index is 0.144. The summed E-state index contributed by atoms with van der Waals surface area (Å²) < 4.78 is 6.37. The number of carboxylic acid groups (broad SMARTS) is 1. The van der Waals surface area contributed by atoms with E-state index in [0.717, 1.165) is 28.8 Å². The summed E-state index contributed by atoms with van der Waals surface area (Å²) in [5, 5.41) is 13.9. The number of ether oxygens (including phenoxy) is 1. The zero-order valence-electron chi connectivity index (χ0n) is 14.8. The van der Waals surface area contributed by atoms with Crippen LogP contribution in [0, 0.1) is 12.8 Å². The van der Waals surface area contributed by atoms with E-state index in [4.69, 9.17) is 4.74 Å². The van der Waals surface area contributed by atoms with Gasteiger partial charge in [0.05, 0.1) is 18.6 Å². The fraction of sp³-hybridized carbons (Fsp3) is 0.611. The Morgan fingerprint density at radius 1 is 1.46 bits per heavy atom. The lowest BCUT2D eigenvalue weighted by Gasteiger charge is -2.19. The van der Waals surface area contributed by atoms with Gasteiger partial charge in [0.1, 0.15) is 0 Å². The monoisotopic (exact) mass is 334 g/mol. The van der Waals surface area contributed by atoms with Gasteiger partial charge in [-0.1, -0.05) is 13.8 Å². The van der Waals surface area contributed by atoms with E-state index < -0.39 is 12.0 Å². The van der Waals surface area contributed by atoms with E-state index in [2.05, 4.69) is 5.10 Å². The Morgan fingerprint density at radius 2 is 2.12 bits per heavy atom. The third kappa shape index (κ3) is 4.04. The Kier molecular flexibility index (Phi) is 5.80. The molecule has 0 aliphatic heterocycles. The second-order valence-corrected chi connectivity index (χ2v) is 6.68. The van der Waals surface area contributed by atoms with Crippen LogP contribution in [0.4, 0.5) is 0 Å². The quantitative estimate of drug-likeness (QED) is 0.739. The maximum Gasteiger partial charge on any atom is 0.328 e. The van der Waals surface area contributed by atoms with Gasteiger partial charge in [-0.3, -0.25) is 4.79 Å². The van der Waals surface area contributed by atoms with Crippen LogP contribution < -0.4 is 5.56 Å². The lowest BCUT2D eigenvalue weighted by Crippen LogP contribution is -2.35. The number of aliphatic carboxylic acids is 1. The first-order valence-corrected chi connectivity index (χ1v) is 8.51. The SMILES string of the molecule is CCOC=Cc1c(C2CC2)c(C)nn(C(CC(C)C)C(=O)O)c1=O. The molecule has 1 saturated carbocycles. The van der Waals surface area contributed by atoms with Gasteiger partial charge in [-0.25, -0.2) is 9.48 Å². The zero-order chi connectivity index (χ0) is 17.9. The molecular weight excluding hydrogens is 308 g/mol. The molecular formula is C18H26N2O4. The fourth-order valence-electron chi connectivity index (χ4n) is 2.92. The molecule has 1 fully saturated rings. The summed E-state index contributed by atoms with van der Waals surface area (Å²) in [7, 11) is 0. The summed E-state index contributed by atoms with van der Waals surface area (Å²) in [5.74, 6) is -0.545. The molecule has 24 heavy (non-hydrogen) atoms. The van der Waals surface area contributed by atoms with E-state index in [-0.39, 0.29) is 11.5 Å². The molecule has 1 aromatic heterocycles. The second kappa shape index (κ2) is 7.64. The highest BCUT2D eigenvalue weighted by atomic mass is 16.5. The van der Waals surface area contributed by atoms with Crippen LogP contribution in [0.25, 0.3) is 6.08 Å². The molecule has 6 nitrogen and oxygen atoms in total. The highest BCUT2D eigenvalue weighted by molar-refractivity contribution is 5.72. The van der Waals surface area contributed by atoms with Gasteiger partial charge in [0.25, 0.3) is 5.56 Å². The average Bonchev–Trinajstić information content (AvgIpc) is 3.32. The van der Waals surface area contributed by atoms with Crippen LogP contribution >= 0.6 is 0 Å². The molecule has 0 bridgehead atoms. The number of hydrogen-bond acceptors (Lipinski definition) is 4. The molecule has 1 aliphatic rings. The zero-order valence-corrected chi connectivity index (χ0v) is 14.8. The maximum absolute atomic E-state index is 12.9. The summed E-state index contributed by atoms with van der Waals surface area (Å²) in [4.78, 5) is 24.6. The number of nitrogens with zero attached hydrogens (tertiary/aromatic N) is 2. The van der Waals surface area contributed by atoms with Gasteiger partial charge >= 0.3 is 5.97 Å². The van der Waals surface area contributed by atoms with Gasteiger partial charge in [-0.15, -0.1) is 0 Å². The number of carbonyl (C=O) groups is 1. The molecule has 1 heterocycles. The van der Waals surface area contributed by atoms with Gasteiger partial charge in [-0.05, 0) is 56.6 Å². The van der Waals surface area contributed by atoms with Crippen LogP contribution in [0.3, 0.4) is 0 Å². The van der Waals surface area contributed by atoms with E-state index in [1.165, 1.54) is 6.26 Å². The number of rotatable bonds is 8. The first kappa shape index (κ1) is 18.2. The van der Waals surface area contributed by atoms with Gasteiger partial charge in [0, 0.05) is 5.56 Å². The van der Waals surface area contributed by atoms with Crippen LogP contribution in [-0.4, -0.2) is 27.5 Å². The van der Waals surface area contributed by atoms with E-state index in [1.54, 1.807) is 6.08 Å². The molecule has 0 saturated heterocycles. The van der Waals surface area contributed by atoms with Crippen molar-refractivity contribution in [2.45, 2.75) is 58.9 Å². The maximum atomic E-state index is 12.9. The Balaban J connectivity index is 2.57. The molecule has 0 spiro atoms. The Morgan fingerprint density at radius 3 is 2.62 bits per heavy atom. The van der Waals surface area contributed by atoms with Crippen LogP contribution in [0.1, 0.15) is 68.8 Å². The van der Waals surface area contributed by atoms with E-state index >= 15 is 0 Å². The van der Waals surface area contributed by atoms with Gasteiger partial charge in [0.2, 0.25) is 0 Å². The molecule has 1 atom stereocenters. The molecule has 1 unspecified atom stereocenters. The Hall–Kier alpha value is -2.11. The standard InChI is InChI=1S/C18H26N2O4/c1-5-24-9-8-14-16(13-6-7-13)12(4)19-20(17(14)21)15(18(22)23)10-11(2)3/h8-9,11,13,15H,5-7,10H2,1-4H3,(H,22,23). The van der Waals surface area contributed by atoms with Crippen LogP contribution in [0.2, 0.25) is 0 Å². The van der Waals surface area contributed by atoms with Crippen molar-refractivity contribution in [3.05, 3.63) is 33.4 Å². The van der Waals surface area contributed by atoms with Crippen molar-refractivity contribution < 1.29 is 14.6 Å². The van der Waals surface area contributed by atoms with Crippen LogP contribution in [-0.2, 0) is 9.53 Å². The minimum atomic E-state index is -1.03. The molecule has 132 valence electrons. The number of hydrogen-bond donors (Lipinski definition) is 1. The van der Waals surface area contributed by atoms with Crippen molar-refractivity contribution in [3.8, 4) is 0 Å². The summed E-state index contributed by atoms with van der Waals surface area (Å²) in [5.41, 5.74) is 1.81. The second-order valence-electron chi connectivity index (χ2n) is 6.68. The smallest absolute Gasteiger partial charge is 0.328 e. The predicted octanol–water partition coefficient (Wildman–Crippen LogP) is 3.11. The van der Waals surface area contributed by atoms with Crippen molar-refractivity contribution >= 4 is 12.0 Å². The topological polar surface area (TPSA) is 81.4 Å². The highest BCUT2D eigenvalue weighted by Crippen LogP contribution is 2.42. The lowest BCUT2D eigenvalue weighted by molar-refractivity contribution is -0.141.